The van der Waals surface area contributed by atoms with Crippen LogP contribution in [0.2, 0.25) is 0 Å². The molecule has 2 N–H and O–H groups in total. The molecule has 1 unspecified atom stereocenters. The van der Waals surface area contributed by atoms with E-state index in [0.717, 1.165) is 70.9 Å². The summed E-state index contributed by atoms with van der Waals surface area (Å²) < 4.78 is 19.3. The summed E-state index contributed by atoms with van der Waals surface area (Å²) in [5.74, 6) is 1.14. The molecule has 9 heteroatoms. The molecule has 178 valence electrons. The van der Waals surface area contributed by atoms with Crippen LogP contribution in [0.4, 0.5) is 0 Å². The van der Waals surface area contributed by atoms with Gasteiger partial charge in [0.2, 0.25) is 0 Å². The highest BCUT2D eigenvalue weighted by molar-refractivity contribution is 7.83. The predicted octanol–water partition coefficient (Wildman–Crippen LogP) is 2.96. The van der Waals surface area contributed by atoms with E-state index in [0.29, 0.717) is 24.5 Å². The van der Waals surface area contributed by atoms with Crippen molar-refractivity contribution in [1.29, 1.82) is 0 Å². The second kappa shape index (κ2) is 19.1. The summed E-state index contributed by atoms with van der Waals surface area (Å²) in [7, 11) is 1.75. The van der Waals surface area contributed by atoms with Gasteiger partial charge in [-0.3, -0.25) is 0 Å². The maximum Gasteiger partial charge on any atom is 0.269 e. The Balaban J connectivity index is 2.26. The Morgan fingerprint density at radius 3 is 1.77 bits per heavy atom. The molecule has 0 saturated heterocycles. The number of hydrogen-bond donors (Lipinski definition) is 2. The number of amidine groups is 2. The number of nitrogens with zero attached hydrogens (tertiary/aromatic N) is 3. The van der Waals surface area contributed by atoms with Crippen LogP contribution < -0.4 is 10.6 Å². The van der Waals surface area contributed by atoms with E-state index < -0.39 is 11.2 Å². The molecule has 1 rings (SSSR count). The van der Waals surface area contributed by atoms with Crippen molar-refractivity contribution >= 4 is 35.4 Å². The number of carbonyl (C=O) groups is 2. The largest absolute Gasteiger partial charge is 0.369 e. The van der Waals surface area contributed by atoms with E-state index in [9.17, 15) is 13.8 Å². The molecule has 0 aromatic heterocycles. The number of aldehydes is 2. The molecule has 0 saturated carbocycles. The molecular formula is C22H41N5O3S. The average Bonchev–Trinajstić information content (AvgIpc) is 3.14. The van der Waals surface area contributed by atoms with Crippen molar-refractivity contribution in [2.75, 3.05) is 33.2 Å². The van der Waals surface area contributed by atoms with Gasteiger partial charge in [-0.15, -0.1) is 8.80 Å². The summed E-state index contributed by atoms with van der Waals surface area (Å²) in [5.41, 5.74) is 0. The van der Waals surface area contributed by atoms with Crippen LogP contribution in [-0.2, 0) is 20.8 Å². The molecule has 0 aliphatic carbocycles. The lowest BCUT2D eigenvalue weighted by Crippen LogP contribution is -2.38. The highest BCUT2D eigenvalue weighted by atomic mass is 32.2. The van der Waals surface area contributed by atoms with Crippen molar-refractivity contribution in [2.24, 2.45) is 8.80 Å². The maximum absolute atomic E-state index is 11.4. The molecule has 0 amide bonds. The van der Waals surface area contributed by atoms with E-state index >= 15 is 0 Å². The van der Waals surface area contributed by atoms with Gasteiger partial charge in [0.05, 0.1) is 0 Å². The van der Waals surface area contributed by atoms with Gasteiger partial charge in [-0.25, -0.2) is 4.21 Å². The monoisotopic (exact) mass is 455 g/mol. The first-order valence-electron chi connectivity index (χ1n) is 11.8. The average molecular weight is 456 g/mol. The fourth-order valence-corrected chi connectivity index (χ4v) is 4.26. The van der Waals surface area contributed by atoms with Crippen LogP contribution in [0.15, 0.2) is 8.80 Å². The lowest BCUT2D eigenvalue weighted by molar-refractivity contribution is -0.108. The Hall–Kier alpha value is -1.61. The molecule has 8 nitrogen and oxygen atoms in total. The predicted molar refractivity (Wildman–Crippen MR) is 129 cm³/mol. The highest BCUT2D eigenvalue weighted by Crippen LogP contribution is 2.09. The number of rotatable bonds is 20. The number of carbonyl (C=O) groups excluding carboxylic acids is 2. The first-order chi connectivity index (χ1) is 15.2. The van der Waals surface area contributed by atoms with Crippen LogP contribution in [0.25, 0.3) is 0 Å². The van der Waals surface area contributed by atoms with Gasteiger partial charge in [-0.2, -0.15) is 0 Å². The van der Waals surface area contributed by atoms with Crippen molar-refractivity contribution in [3.8, 4) is 0 Å². The number of hydrogen-bond acceptors (Lipinski definition) is 6. The minimum absolute atomic E-state index is 0.555. The van der Waals surface area contributed by atoms with Crippen molar-refractivity contribution in [3.63, 3.8) is 0 Å². The molecule has 1 aliphatic rings. The van der Waals surface area contributed by atoms with E-state index in [2.05, 4.69) is 24.3 Å². The second-order valence-corrected chi connectivity index (χ2v) is 8.76. The smallest absolute Gasteiger partial charge is 0.269 e. The molecule has 0 fully saturated rings. The molecule has 0 bridgehead atoms. The molecule has 1 heterocycles. The third-order valence-corrected chi connectivity index (χ3v) is 6.01. The number of nitrogens with one attached hydrogen (secondary N) is 2. The molecule has 0 radical (unpaired) electrons. The normalized spacial score (nSPS) is 15.6. The van der Waals surface area contributed by atoms with Crippen molar-refractivity contribution in [3.05, 3.63) is 0 Å². The zero-order valence-electron chi connectivity index (χ0n) is 19.2. The molecule has 0 aromatic rings. The van der Waals surface area contributed by atoms with E-state index in [1.54, 1.807) is 7.05 Å². The van der Waals surface area contributed by atoms with Gasteiger partial charge < -0.3 is 25.1 Å². The molecule has 0 aromatic carbocycles. The van der Waals surface area contributed by atoms with Gasteiger partial charge in [0.15, 0.2) is 11.7 Å². The minimum Gasteiger partial charge on any atom is -0.369 e. The van der Waals surface area contributed by atoms with Crippen molar-refractivity contribution in [1.82, 2.24) is 15.5 Å². The van der Waals surface area contributed by atoms with Crippen molar-refractivity contribution in [2.45, 2.75) is 83.5 Å². The fraction of sp³-hybridized carbons (Fsp3) is 0.818. The molecule has 1 aliphatic heterocycles. The van der Waals surface area contributed by atoms with Gasteiger partial charge in [0.25, 0.3) is 11.2 Å². The number of unbranched alkanes of at least 4 members (excludes halogenated alkanes) is 10. The van der Waals surface area contributed by atoms with E-state index in [-0.39, 0.29) is 0 Å². The standard InChI is InChI=1S/C22H41N5O3S/c1-23-21-22(26-31(30)25-21)24-15-14-18-27(16-10-6-2-4-8-12-19-28)17-11-7-3-5-9-13-20-29/h19-20H,2-18H2,1H3,(H,23,25)(H,24,26). The zero-order chi connectivity index (χ0) is 22.6. The minimum atomic E-state index is -1.51. The van der Waals surface area contributed by atoms with Gasteiger partial charge in [0, 0.05) is 26.4 Å². The first kappa shape index (κ1) is 27.4. The Morgan fingerprint density at radius 1 is 0.742 bits per heavy atom. The summed E-state index contributed by atoms with van der Waals surface area (Å²) in [5, 5.41) is 6.15. The zero-order valence-corrected chi connectivity index (χ0v) is 20.0. The van der Waals surface area contributed by atoms with E-state index in [1.165, 1.54) is 38.5 Å². The van der Waals surface area contributed by atoms with E-state index in [4.69, 9.17) is 0 Å². The summed E-state index contributed by atoms with van der Waals surface area (Å²) in [6.07, 6.45) is 15.9. The third kappa shape index (κ3) is 14.1. The van der Waals surface area contributed by atoms with Gasteiger partial charge in [-0.05, 0) is 51.7 Å². The Morgan fingerprint density at radius 2 is 1.23 bits per heavy atom. The summed E-state index contributed by atoms with van der Waals surface area (Å²) in [6, 6.07) is 0. The molecule has 31 heavy (non-hydrogen) atoms. The SMILES string of the molecule is CNC1=NS(=O)N=C1NCCCN(CCCCCCCC=O)CCCCCCCC=O. The maximum atomic E-state index is 11.4. The van der Waals surface area contributed by atoms with Crippen LogP contribution in [0.1, 0.15) is 83.5 Å². The van der Waals surface area contributed by atoms with Crippen LogP contribution >= 0.6 is 0 Å². The summed E-state index contributed by atoms with van der Waals surface area (Å²) in [4.78, 5) is 23.3. The van der Waals surface area contributed by atoms with Gasteiger partial charge in [-0.1, -0.05) is 38.5 Å². The Bertz CT molecular complexity index is 561. The topological polar surface area (TPSA) is 103 Å². The second-order valence-electron chi connectivity index (χ2n) is 7.93. The lowest BCUT2D eigenvalue weighted by Gasteiger charge is -2.22. The molecule has 0 spiro atoms. The van der Waals surface area contributed by atoms with Crippen LogP contribution in [0, 0.1) is 0 Å². The summed E-state index contributed by atoms with van der Waals surface area (Å²) >= 11 is -1.51. The first-order valence-corrected chi connectivity index (χ1v) is 12.9. The van der Waals surface area contributed by atoms with Crippen molar-refractivity contribution < 1.29 is 13.8 Å². The number of likely N-dealkylation sites (N-methyl/N-ethyl adjacent to an activating group) is 1. The van der Waals surface area contributed by atoms with Crippen LogP contribution in [0.3, 0.4) is 0 Å². The van der Waals surface area contributed by atoms with Crippen LogP contribution in [0.5, 0.6) is 0 Å². The van der Waals surface area contributed by atoms with Gasteiger partial charge >= 0.3 is 0 Å². The van der Waals surface area contributed by atoms with E-state index in [1.807, 2.05) is 0 Å². The lowest BCUT2D eigenvalue weighted by atomic mass is 10.1. The Labute approximate surface area is 190 Å². The molecular weight excluding hydrogens is 414 g/mol. The highest BCUT2D eigenvalue weighted by Gasteiger charge is 2.16. The molecule has 1 atom stereocenters. The fourth-order valence-electron chi connectivity index (χ4n) is 3.57. The third-order valence-electron chi connectivity index (χ3n) is 5.34. The Kier molecular flexibility index (Phi) is 16.9. The quantitative estimate of drug-likeness (QED) is 0.216. The summed E-state index contributed by atoms with van der Waals surface area (Å²) in [6.45, 7) is 4.00. The van der Waals surface area contributed by atoms with Crippen LogP contribution in [-0.4, -0.2) is 66.6 Å². The van der Waals surface area contributed by atoms with Gasteiger partial charge in [0.1, 0.15) is 12.6 Å².